The maximum Gasteiger partial charge on any atom is 0.160 e. The van der Waals surface area contributed by atoms with E-state index in [1.54, 1.807) is 4.68 Å². The summed E-state index contributed by atoms with van der Waals surface area (Å²) in [5.41, 5.74) is 1.83. The van der Waals surface area contributed by atoms with Crippen LogP contribution >= 0.6 is 0 Å². The number of hydrogen-bond donors (Lipinski definition) is 0. The molecule has 0 radical (unpaired) electrons. The number of aryl methyl sites for hydroxylation is 2. The second-order valence-electron chi connectivity index (χ2n) is 4.37. The van der Waals surface area contributed by atoms with Gasteiger partial charge in [0.2, 0.25) is 0 Å². The standard InChI is InChI=1S/C11H17FN4O/c1-9-7-10(2)16(13-9)11(8-17)14-3-5-15(12)6-4-14/h7-8,11H,3-6H2,1-2H3. The monoisotopic (exact) mass is 240 g/mol. The number of carbonyl (C=O) groups is 1. The summed E-state index contributed by atoms with van der Waals surface area (Å²) >= 11 is 0. The maximum atomic E-state index is 12.9. The minimum atomic E-state index is -0.419. The van der Waals surface area contributed by atoms with Gasteiger partial charge in [-0.1, -0.05) is 0 Å². The average Bonchev–Trinajstić information content (AvgIpc) is 2.62. The summed E-state index contributed by atoms with van der Waals surface area (Å²) in [6.45, 7) is 5.57. The van der Waals surface area contributed by atoms with E-state index in [-0.39, 0.29) is 0 Å². The molecule has 0 spiro atoms. The topological polar surface area (TPSA) is 41.4 Å². The molecule has 1 unspecified atom stereocenters. The largest absolute Gasteiger partial charge is 0.299 e. The molecule has 1 atom stereocenters. The van der Waals surface area contributed by atoms with Crippen LogP contribution in [-0.2, 0) is 4.79 Å². The van der Waals surface area contributed by atoms with Gasteiger partial charge in [-0.05, 0) is 19.9 Å². The van der Waals surface area contributed by atoms with Gasteiger partial charge in [-0.2, -0.15) is 5.10 Å². The number of aldehydes is 1. The molecule has 17 heavy (non-hydrogen) atoms. The Morgan fingerprint density at radius 1 is 1.35 bits per heavy atom. The molecule has 1 aliphatic rings. The predicted molar refractivity (Wildman–Crippen MR) is 61.1 cm³/mol. The van der Waals surface area contributed by atoms with Crippen molar-refractivity contribution in [3.05, 3.63) is 17.5 Å². The molecule has 94 valence electrons. The zero-order valence-electron chi connectivity index (χ0n) is 10.1. The lowest BCUT2D eigenvalue weighted by Crippen LogP contribution is -2.47. The predicted octanol–water partition coefficient (Wildman–Crippen LogP) is 0.700. The van der Waals surface area contributed by atoms with Crippen molar-refractivity contribution >= 4 is 6.29 Å². The molecule has 0 bridgehead atoms. The molecular formula is C11H17FN4O. The maximum absolute atomic E-state index is 12.9. The van der Waals surface area contributed by atoms with Crippen molar-refractivity contribution in [1.29, 1.82) is 0 Å². The molecule has 6 heteroatoms. The Morgan fingerprint density at radius 2 is 2.00 bits per heavy atom. The van der Waals surface area contributed by atoms with E-state index in [1.807, 2.05) is 24.8 Å². The van der Waals surface area contributed by atoms with Crippen molar-refractivity contribution in [2.45, 2.75) is 20.0 Å². The molecule has 1 saturated heterocycles. The van der Waals surface area contributed by atoms with Crippen molar-refractivity contribution in [3.63, 3.8) is 0 Å². The van der Waals surface area contributed by atoms with Crippen LogP contribution in [0.1, 0.15) is 17.6 Å². The van der Waals surface area contributed by atoms with E-state index in [4.69, 9.17) is 0 Å². The molecule has 2 heterocycles. The summed E-state index contributed by atoms with van der Waals surface area (Å²) in [5, 5.41) is 5.09. The van der Waals surface area contributed by atoms with Crippen molar-refractivity contribution in [2.24, 2.45) is 0 Å². The van der Waals surface area contributed by atoms with Gasteiger partial charge in [0.05, 0.1) is 5.69 Å². The first-order chi connectivity index (χ1) is 8.11. The molecule has 1 fully saturated rings. The lowest BCUT2D eigenvalue weighted by atomic mass is 10.3. The second-order valence-corrected chi connectivity index (χ2v) is 4.37. The van der Waals surface area contributed by atoms with E-state index in [0.29, 0.717) is 26.2 Å². The van der Waals surface area contributed by atoms with Crippen LogP contribution in [0, 0.1) is 13.8 Å². The van der Waals surface area contributed by atoms with Crippen molar-refractivity contribution in [3.8, 4) is 0 Å². The number of halogens is 1. The fraction of sp³-hybridized carbons (Fsp3) is 0.636. The normalized spacial score (nSPS) is 20.4. The Labute approximate surface area is 99.7 Å². The van der Waals surface area contributed by atoms with Gasteiger partial charge < -0.3 is 0 Å². The first-order valence-electron chi connectivity index (χ1n) is 5.74. The number of carbonyl (C=O) groups excluding carboxylic acids is 1. The van der Waals surface area contributed by atoms with Crippen LogP contribution in [0.15, 0.2) is 6.07 Å². The van der Waals surface area contributed by atoms with E-state index < -0.39 is 6.17 Å². The summed E-state index contributed by atoms with van der Waals surface area (Å²) in [4.78, 5) is 13.2. The van der Waals surface area contributed by atoms with Gasteiger partial charge >= 0.3 is 0 Å². The fourth-order valence-corrected chi connectivity index (χ4v) is 2.17. The van der Waals surface area contributed by atoms with Crippen LogP contribution in [0.5, 0.6) is 0 Å². The van der Waals surface area contributed by atoms with Crippen LogP contribution in [0.4, 0.5) is 4.48 Å². The summed E-state index contributed by atoms with van der Waals surface area (Å²) in [7, 11) is 0. The Balaban J connectivity index is 2.16. The van der Waals surface area contributed by atoms with Crippen molar-refractivity contribution in [1.82, 2.24) is 19.8 Å². The molecule has 0 aliphatic carbocycles. The van der Waals surface area contributed by atoms with Gasteiger partial charge in [-0.15, -0.1) is 9.60 Å². The molecular weight excluding hydrogens is 223 g/mol. The molecule has 0 saturated carbocycles. The van der Waals surface area contributed by atoms with Gasteiger partial charge in [0.1, 0.15) is 0 Å². The van der Waals surface area contributed by atoms with E-state index >= 15 is 0 Å². The number of rotatable bonds is 3. The van der Waals surface area contributed by atoms with Gasteiger partial charge in [0, 0.05) is 31.9 Å². The van der Waals surface area contributed by atoms with Crippen LogP contribution in [0.2, 0.25) is 0 Å². The number of hydrogen-bond acceptors (Lipinski definition) is 4. The Bertz CT molecular complexity index is 398. The van der Waals surface area contributed by atoms with Gasteiger partial charge in [0.15, 0.2) is 12.5 Å². The molecule has 2 rings (SSSR count). The summed E-state index contributed by atoms with van der Waals surface area (Å²) in [5.74, 6) is 0. The summed E-state index contributed by atoms with van der Waals surface area (Å²) in [6, 6.07) is 1.93. The minimum Gasteiger partial charge on any atom is -0.299 e. The Kier molecular flexibility index (Phi) is 3.54. The number of aromatic nitrogens is 2. The zero-order valence-corrected chi connectivity index (χ0v) is 10.1. The van der Waals surface area contributed by atoms with Crippen LogP contribution in [0.25, 0.3) is 0 Å². The van der Waals surface area contributed by atoms with E-state index in [9.17, 15) is 9.28 Å². The number of nitrogens with zero attached hydrogens (tertiary/aromatic N) is 4. The molecule has 1 aliphatic heterocycles. The highest BCUT2D eigenvalue weighted by Crippen LogP contribution is 2.16. The van der Waals surface area contributed by atoms with Crippen LogP contribution < -0.4 is 0 Å². The van der Waals surface area contributed by atoms with Crippen molar-refractivity contribution in [2.75, 3.05) is 26.2 Å². The van der Waals surface area contributed by atoms with Gasteiger partial charge in [0.25, 0.3) is 0 Å². The molecule has 1 aromatic heterocycles. The van der Waals surface area contributed by atoms with E-state index in [1.165, 1.54) is 0 Å². The highest BCUT2D eigenvalue weighted by Gasteiger charge is 2.26. The lowest BCUT2D eigenvalue weighted by Gasteiger charge is -2.33. The first kappa shape index (κ1) is 12.2. The third-order valence-corrected chi connectivity index (χ3v) is 3.05. The molecule has 0 N–H and O–H groups in total. The Morgan fingerprint density at radius 3 is 2.47 bits per heavy atom. The van der Waals surface area contributed by atoms with Gasteiger partial charge in [-0.25, -0.2) is 4.68 Å². The van der Waals surface area contributed by atoms with E-state index in [2.05, 4.69) is 5.10 Å². The third kappa shape index (κ3) is 2.53. The number of piperazine rings is 1. The zero-order chi connectivity index (χ0) is 12.4. The van der Waals surface area contributed by atoms with Crippen LogP contribution in [-0.4, -0.2) is 52.3 Å². The summed E-state index contributed by atoms with van der Waals surface area (Å²) < 4.78 is 14.6. The van der Waals surface area contributed by atoms with Crippen molar-refractivity contribution < 1.29 is 9.28 Å². The second kappa shape index (κ2) is 4.93. The molecule has 0 amide bonds. The highest BCUT2D eigenvalue weighted by atomic mass is 19.2. The summed E-state index contributed by atoms with van der Waals surface area (Å²) in [6.07, 6.45) is 0.449. The van der Waals surface area contributed by atoms with E-state index in [0.717, 1.165) is 22.8 Å². The SMILES string of the molecule is Cc1cc(C)n(C(C=O)N2CCN(F)CC2)n1. The smallest absolute Gasteiger partial charge is 0.160 e. The molecule has 0 aromatic carbocycles. The third-order valence-electron chi connectivity index (χ3n) is 3.05. The quantitative estimate of drug-likeness (QED) is 0.576. The van der Waals surface area contributed by atoms with Gasteiger partial charge in [-0.3, -0.25) is 9.69 Å². The first-order valence-corrected chi connectivity index (χ1v) is 5.74. The fourth-order valence-electron chi connectivity index (χ4n) is 2.17. The molecule has 1 aromatic rings. The lowest BCUT2D eigenvalue weighted by molar-refractivity contribution is -0.119. The molecule has 5 nitrogen and oxygen atoms in total. The van der Waals surface area contributed by atoms with Crippen LogP contribution in [0.3, 0.4) is 0 Å². The Hall–Kier alpha value is -1.27. The minimum absolute atomic E-state index is 0.337. The average molecular weight is 240 g/mol. The highest BCUT2D eigenvalue weighted by molar-refractivity contribution is 5.55.